The van der Waals surface area contributed by atoms with Gasteiger partial charge >= 0.3 is 0 Å². The van der Waals surface area contributed by atoms with Crippen molar-refractivity contribution in [2.24, 2.45) is 11.8 Å². The molecule has 0 unspecified atom stereocenters. The lowest BCUT2D eigenvalue weighted by molar-refractivity contribution is -0.112. The fourth-order valence-corrected chi connectivity index (χ4v) is 0.801. The van der Waals surface area contributed by atoms with Crippen LogP contribution in [0.4, 0.5) is 0 Å². The van der Waals surface area contributed by atoms with Gasteiger partial charge in [-0.15, -0.1) is 0 Å². The summed E-state index contributed by atoms with van der Waals surface area (Å²) >= 11 is 0. The first-order valence-electron chi connectivity index (χ1n) is 3.50. The van der Waals surface area contributed by atoms with E-state index in [2.05, 4.69) is 13.8 Å². The van der Waals surface area contributed by atoms with Crippen molar-refractivity contribution in [3.8, 4) is 0 Å². The molecule has 10 heavy (non-hydrogen) atoms. The number of nitrogens with two attached hydrogens (primary N) is 1. The lowest BCUT2D eigenvalue weighted by Crippen LogP contribution is -2.39. The number of hydrogen-bond donors (Lipinski definition) is 1. The highest BCUT2D eigenvalue weighted by Gasteiger charge is 2.11. The molecule has 3 nitrogen and oxygen atoms in total. The average molecular weight is 144 g/mol. The molecule has 0 aromatic carbocycles. The predicted molar refractivity (Wildman–Crippen MR) is 41.3 cm³/mol. The van der Waals surface area contributed by atoms with Crippen LogP contribution < -0.4 is 5.84 Å². The average Bonchev–Trinajstić information content (AvgIpc) is 1.81. The highest BCUT2D eigenvalue weighted by Crippen LogP contribution is 2.04. The third-order valence-corrected chi connectivity index (χ3v) is 1.39. The van der Waals surface area contributed by atoms with Gasteiger partial charge in [0.2, 0.25) is 0 Å². The van der Waals surface area contributed by atoms with Gasteiger partial charge in [0.1, 0.15) is 6.29 Å². The van der Waals surface area contributed by atoms with Gasteiger partial charge in [-0.05, 0) is 12.3 Å². The van der Waals surface area contributed by atoms with Gasteiger partial charge in [0.25, 0.3) is 0 Å². The largest absolute Gasteiger partial charge is 0.302 e. The Bertz CT molecular complexity index is 102. The summed E-state index contributed by atoms with van der Waals surface area (Å²) in [6.07, 6.45) is 1.72. The third-order valence-electron chi connectivity index (χ3n) is 1.39. The van der Waals surface area contributed by atoms with Crippen LogP contribution in [-0.2, 0) is 4.79 Å². The monoisotopic (exact) mass is 144 g/mol. The Morgan fingerprint density at radius 3 is 2.20 bits per heavy atom. The molecule has 3 heteroatoms. The number of carbonyl (C=O) groups excluding carboxylic acids is 1. The van der Waals surface area contributed by atoms with Gasteiger partial charge < -0.3 is 4.79 Å². The zero-order chi connectivity index (χ0) is 8.15. The summed E-state index contributed by atoms with van der Waals surface area (Å²) in [6, 6.07) is -0.125. The molecule has 0 rings (SSSR count). The second kappa shape index (κ2) is 4.41. The maximum Gasteiger partial charge on any atom is 0.138 e. The van der Waals surface area contributed by atoms with E-state index in [1.54, 1.807) is 7.05 Å². The van der Waals surface area contributed by atoms with E-state index in [1.807, 2.05) is 0 Å². The molecule has 0 amide bonds. The quantitative estimate of drug-likeness (QED) is 0.353. The number of nitrogens with zero attached hydrogens (tertiary/aromatic N) is 1. The summed E-state index contributed by atoms with van der Waals surface area (Å²) in [5.41, 5.74) is 0. The summed E-state index contributed by atoms with van der Waals surface area (Å²) in [7, 11) is 1.71. The first-order valence-corrected chi connectivity index (χ1v) is 3.50. The molecular weight excluding hydrogens is 128 g/mol. The predicted octanol–water partition coefficient (Wildman–Crippen LogP) is 0.406. The Hall–Kier alpha value is -0.410. The molecule has 1 atom stereocenters. The first kappa shape index (κ1) is 9.59. The van der Waals surface area contributed by atoms with Crippen LogP contribution in [-0.4, -0.2) is 24.4 Å². The van der Waals surface area contributed by atoms with E-state index in [4.69, 9.17) is 5.84 Å². The van der Waals surface area contributed by atoms with Crippen LogP contribution in [0.2, 0.25) is 0 Å². The van der Waals surface area contributed by atoms with E-state index in [0.29, 0.717) is 5.92 Å². The minimum atomic E-state index is -0.125. The molecule has 0 aliphatic carbocycles. The molecule has 60 valence electrons. The molecule has 0 bridgehead atoms. The smallest absolute Gasteiger partial charge is 0.138 e. The van der Waals surface area contributed by atoms with Gasteiger partial charge in [0, 0.05) is 7.05 Å². The highest BCUT2D eigenvalue weighted by atomic mass is 16.1. The van der Waals surface area contributed by atoms with Crippen molar-refractivity contribution in [1.29, 1.82) is 0 Å². The minimum absolute atomic E-state index is 0.125. The Morgan fingerprint density at radius 2 is 2.10 bits per heavy atom. The normalized spacial score (nSPS) is 14.2. The maximum absolute atomic E-state index is 10.4. The summed E-state index contributed by atoms with van der Waals surface area (Å²) in [4.78, 5) is 10.4. The maximum atomic E-state index is 10.4. The van der Waals surface area contributed by atoms with Crippen LogP contribution in [0.5, 0.6) is 0 Å². The molecular formula is C7H16N2O. The molecule has 0 saturated carbocycles. The lowest BCUT2D eigenvalue weighted by Gasteiger charge is -2.19. The van der Waals surface area contributed by atoms with Crippen molar-refractivity contribution < 1.29 is 4.79 Å². The van der Waals surface area contributed by atoms with Gasteiger partial charge in [-0.2, -0.15) is 0 Å². The second-order valence-electron chi connectivity index (χ2n) is 3.00. The van der Waals surface area contributed by atoms with Crippen molar-refractivity contribution >= 4 is 6.29 Å². The number of aldehydes is 1. The zero-order valence-electron chi connectivity index (χ0n) is 6.87. The number of hydrazine groups is 1. The topological polar surface area (TPSA) is 46.3 Å². The van der Waals surface area contributed by atoms with Crippen molar-refractivity contribution in [3.63, 3.8) is 0 Å². The van der Waals surface area contributed by atoms with Crippen LogP contribution in [0.25, 0.3) is 0 Å². The molecule has 0 spiro atoms. The molecule has 0 heterocycles. The number of likely N-dealkylation sites (N-methyl/N-ethyl adjacent to an activating group) is 1. The number of carbonyl (C=O) groups is 1. The van der Waals surface area contributed by atoms with Crippen molar-refractivity contribution in [1.82, 2.24) is 5.01 Å². The van der Waals surface area contributed by atoms with Crippen molar-refractivity contribution in [3.05, 3.63) is 0 Å². The number of rotatable bonds is 4. The Labute approximate surface area is 62.2 Å². The van der Waals surface area contributed by atoms with Gasteiger partial charge in [0.05, 0.1) is 6.04 Å². The Balaban J connectivity index is 3.71. The number of hydrogen-bond acceptors (Lipinski definition) is 3. The zero-order valence-corrected chi connectivity index (χ0v) is 6.87. The standard InChI is InChI=1S/C7H16N2O/c1-6(2)4-7(5-10)9(3)8/h5-7H,4,8H2,1-3H3/t7-/m0/s1. The van der Waals surface area contributed by atoms with Crippen LogP contribution in [0, 0.1) is 5.92 Å². The minimum Gasteiger partial charge on any atom is -0.302 e. The van der Waals surface area contributed by atoms with Gasteiger partial charge in [-0.1, -0.05) is 13.8 Å². The third kappa shape index (κ3) is 3.58. The first-order chi connectivity index (χ1) is 4.57. The van der Waals surface area contributed by atoms with Gasteiger partial charge in [-0.25, -0.2) is 5.01 Å². The van der Waals surface area contributed by atoms with Crippen molar-refractivity contribution in [2.75, 3.05) is 7.05 Å². The molecule has 0 aliphatic heterocycles. The Morgan fingerprint density at radius 1 is 1.60 bits per heavy atom. The SMILES string of the molecule is CC(C)C[C@@H](C=O)N(C)N. The summed E-state index contributed by atoms with van der Waals surface area (Å²) in [5, 5.41) is 1.45. The van der Waals surface area contributed by atoms with Crippen LogP contribution in [0.1, 0.15) is 20.3 Å². The molecule has 0 aliphatic rings. The fourth-order valence-electron chi connectivity index (χ4n) is 0.801. The van der Waals surface area contributed by atoms with E-state index >= 15 is 0 Å². The van der Waals surface area contributed by atoms with E-state index in [9.17, 15) is 4.79 Å². The fraction of sp³-hybridized carbons (Fsp3) is 0.857. The summed E-state index contributed by atoms with van der Waals surface area (Å²) < 4.78 is 0. The van der Waals surface area contributed by atoms with E-state index < -0.39 is 0 Å². The molecule has 0 saturated heterocycles. The van der Waals surface area contributed by atoms with Gasteiger partial charge in [-0.3, -0.25) is 5.84 Å². The molecule has 0 radical (unpaired) electrons. The van der Waals surface area contributed by atoms with Crippen molar-refractivity contribution in [2.45, 2.75) is 26.3 Å². The van der Waals surface area contributed by atoms with Crippen LogP contribution in [0.15, 0.2) is 0 Å². The Kier molecular flexibility index (Phi) is 4.23. The highest BCUT2D eigenvalue weighted by molar-refractivity contribution is 5.57. The van der Waals surface area contributed by atoms with E-state index in [-0.39, 0.29) is 6.04 Å². The van der Waals surface area contributed by atoms with E-state index in [1.165, 1.54) is 5.01 Å². The molecule has 0 fully saturated rings. The summed E-state index contributed by atoms with van der Waals surface area (Å²) in [5.74, 6) is 5.91. The second-order valence-corrected chi connectivity index (χ2v) is 3.00. The molecule has 0 aromatic heterocycles. The molecule has 2 N–H and O–H groups in total. The molecule has 0 aromatic rings. The van der Waals surface area contributed by atoms with E-state index in [0.717, 1.165) is 12.7 Å². The van der Waals surface area contributed by atoms with Crippen LogP contribution >= 0.6 is 0 Å². The lowest BCUT2D eigenvalue weighted by atomic mass is 10.1. The van der Waals surface area contributed by atoms with Gasteiger partial charge in [0.15, 0.2) is 0 Å². The summed E-state index contributed by atoms with van der Waals surface area (Å²) in [6.45, 7) is 4.14. The van der Waals surface area contributed by atoms with Crippen LogP contribution in [0.3, 0.4) is 0 Å².